The molecule has 23 heavy (non-hydrogen) atoms. The molecule has 2 rings (SSSR count). The number of aliphatic hydroxyl groups is 2. The molecule has 124 valence electrons. The van der Waals surface area contributed by atoms with Crippen LogP contribution in [0.15, 0.2) is 30.3 Å². The molecule has 0 aliphatic heterocycles. The standard InChI is InChI=1S/C15H21N5O3/c1-23-11-16-14-17-13(12-5-3-2-4-6-12)18-15(19-14)20(7-9-21)8-10-22/h2-6,21-22H,7-11H2,1H3,(H,16,17,18,19). The Balaban J connectivity index is 2.39. The van der Waals surface area contributed by atoms with E-state index in [1.165, 1.54) is 0 Å². The SMILES string of the molecule is COCNc1nc(-c2ccccc2)nc(N(CCO)CCO)n1. The molecule has 0 atom stereocenters. The Morgan fingerprint density at radius 1 is 1.04 bits per heavy atom. The summed E-state index contributed by atoms with van der Waals surface area (Å²) in [6.45, 7) is 0.781. The number of anilines is 2. The minimum Gasteiger partial charge on any atom is -0.395 e. The highest BCUT2D eigenvalue weighted by atomic mass is 16.5. The van der Waals surface area contributed by atoms with Gasteiger partial charge in [0.1, 0.15) is 6.73 Å². The van der Waals surface area contributed by atoms with Crippen molar-refractivity contribution in [2.24, 2.45) is 0 Å². The molecule has 1 aromatic heterocycles. The van der Waals surface area contributed by atoms with Crippen LogP contribution < -0.4 is 10.2 Å². The maximum atomic E-state index is 9.19. The van der Waals surface area contributed by atoms with Crippen molar-refractivity contribution < 1.29 is 14.9 Å². The number of ether oxygens (including phenoxy) is 1. The molecule has 1 aromatic carbocycles. The van der Waals surface area contributed by atoms with E-state index in [-0.39, 0.29) is 19.9 Å². The first-order chi connectivity index (χ1) is 11.3. The number of benzene rings is 1. The number of aliphatic hydroxyl groups excluding tert-OH is 2. The van der Waals surface area contributed by atoms with Gasteiger partial charge in [-0.05, 0) is 0 Å². The Hall–Kier alpha value is -2.29. The lowest BCUT2D eigenvalue weighted by Gasteiger charge is -2.21. The lowest BCUT2D eigenvalue weighted by atomic mass is 10.2. The van der Waals surface area contributed by atoms with Gasteiger partial charge in [0.15, 0.2) is 5.82 Å². The molecule has 0 spiro atoms. The lowest BCUT2D eigenvalue weighted by molar-refractivity contribution is 0.220. The predicted octanol–water partition coefficient (Wildman–Crippen LogP) is 0.345. The summed E-state index contributed by atoms with van der Waals surface area (Å²) in [6, 6.07) is 9.53. The average Bonchev–Trinajstić information content (AvgIpc) is 2.60. The molecule has 2 aromatic rings. The molecule has 3 N–H and O–H groups in total. The zero-order chi connectivity index (χ0) is 16.5. The lowest BCUT2D eigenvalue weighted by Crippen LogP contribution is -2.31. The number of nitrogens with one attached hydrogen (secondary N) is 1. The molecular weight excluding hydrogens is 298 g/mol. The maximum absolute atomic E-state index is 9.19. The summed E-state index contributed by atoms with van der Waals surface area (Å²) < 4.78 is 4.98. The van der Waals surface area contributed by atoms with Crippen LogP contribution in [0.4, 0.5) is 11.9 Å². The molecule has 0 amide bonds. The summed E-state index contributed by atoms with van der Waals surface area (Å²) in [5.41, 5.74) is 0.851. The van der Waals surface area contributed by atoms with E-state index in [1.54, 1.807) is 12.0 Å². The third-order valence-electron chi connectivity index (χ3n) is 3.05. The smallest absolute Gasteiger partial charge is 0.230 e. The summed E-state index contributed by atoms with van der Waals surface area (Å²) in [6.07, 6.45) is 0. The summed E-state index contributed by atoms with van der Waals surface area (Å²) in [7, 11) is 1.57. The third-order valence-corrected chi connectivity index (χ3v) is 3.05. The van der Waals surface area contributed by atoms with Crippen LogP contribution in [-0.2, 0) is 4.74 Å². The number of aromatic nitrogens is 3. The maximum Gasteiger partial charge on any atom is 0.230 e. The fourth-order valence-corrected chi connectivity index (χ4v) is 1.99. The molecule has 8 nitrogen and oxygen atoms in total. The van der Waals surface area contributed by atoms with Crippen LogP contribution in [0.5, 0.6) is 0 Å². The average molecular weight is 319 g/mol. The van der Waals surface area contributed by atoms with Crippen molar-refractivity contribution in [1.82, 2.24) is 15.0 Å². The van der Waals surface area contributed by atoms with Gasteiger partial charge < -0.3 is 25.2 Å². The molecule has 0 fully saturated rings. The van der Waals surface area contributed by atoms with Crippen LogP contribution >= 0.6 is 0 Å². The first-order valence-electron chi connectivity index (χ1n) is 7.29. The van der Waals surface area contributed by atoms with Gasteiger partial charge in [-0.15, -0.1) is 0 Å². The van der Waals surface area contributed by atoms with Crippen molar-refractivity contribution in [3.8, 4) is 11.4 Å². The van der Waals surface area contributed by atoms with Gasteiger partial charge in [0.2, 0.25) is 11.9 Å². The number of hydrogen-bond donors (Lipinski definition) is 3. The first-order valence-corrected chi connectivity index (χ1v) is 7.29. The van der Waals surface area contributed by atoms with Gasteiger partial charge in [-0.2, -0.15) is 15.0 Å². The fourth-order valence-electron chi connectivity index (χ4n) is 1.99. The molecule has 0 saturated carbocycles. The highest BCUT2D eigenvalue weighted by Gasteiger charge is 2.14. The van der Waals surface area contributed by atoms with Crippen LogP contribution in [0.2, 0.25) is 0 Å². The molecule has 0 aliphatic carbocycles. The molecule has 8 heteroatoms. The van der Waals surface area contributed by atoms with Crippen molar-refractivity contribution in [3.63, 3.8) is 0 Å². The number of methoxy groups -OCH3 is 1. The Labute approximate surface area is 134 Å². The summed E-state index contributed by atoms with van der Waals surface area (Å²) in [4.78, 5) is 14.9. The highest BCUT2D eigenvalue weighted by Crippen LogP contribution is 2.19. The van der Waals surface area contributed by atoms with E-state index in [0.717, 1.165) is 5.56 Å². The topological polar surface area (TPSA) is 104 Å². The van der Waals surface area contributed by atoms with E-state index >= 15 is 0 Å². The zero-order valence-electron chi connectivity index (χ0n) is 13.0. The number of hydrogen-bond acceptors (Lipinski definition) is 8. The highest BCUT2D eigenvalue weighted by molar-refractivity contribution is 5.58. The molecular formula is C15H21N5O3. The van der Waals surface area contributed by atoms with Gasteiger partial charge >= 0.3 is 0 Å². The summed E-state index contributed by atoms with van der Waals surface area (Å²) in [5, 5.41) is 21.3. The molecule has 0 radical (unpaired) electrons. The Bertz CT molecular complexity index is 591. The molecule has 0 bridgehead atoms. The van der Waals surface area contributed by atoms with Gasteiger partial charge in [-0.1, -0.05) is 30.3 Å². The van der Waals surface area contributed by atoms with Crippen LogP contribution in [-0.4, -0.2) is 65.3 Å². The molecule has 0 unspecified atom stereocenters. The minimum absolute atomic E-state index is 0.0623. The van der Waals surface area contributed by atoms with Crippen LogP contribution in [0.1, 0.15) is 0 Å². The van der Waals surface area contributed by atoms with E-state index in [0.29, 0.717) is 30.8 Å². The van der Waals surface area contributed by atoms with Crippen LogP contribution in [0.3, 0.4) is 0 Å². The zero-order valence-corrected chi connectivity index (χ0v) is 13.0. The predicted molar refractivity (Wildman–Crippen MR) is 87.1 cm³/mol. The first kappa shape index (κ1) is 17.1. The van der Waals surface area contributed by atoms with E-state index in [4.69, 9.17) is 4.74 Å². The van der Waals surface area contributed by atoms with E-state index in [2.05, 4.69) is 20.3 Å². The fraction of sp³-hybridized carbons (Fsp3) is 0.400. The third kappa shape index (κ3) is 4.85. The van der Waals surface area contributed by atoms with Crippen molar-refractivity contribution in [2.75, 3.05) is 50.4 Å². The van der Waals surface area contributed by atoms with E-state index < -0.39 is 0 Å². The van der Waals surface area contributed by atoms with Crippen molar-refractivity contribution in [1.29, 1.82) is 0 Å². The van der Waals surface area contributed by atoms with Gasteiger partial charge in [0.25, 0.3) is 0 Å². The van der Waals surface area contributed by atoms with E-state index in [1.807, 2.05) is 30.3 Å². The molecule has 1 heterocycles. The second-order valence-electron chi connectivity index (χ2n) is 4.69. The largest absolute Gasteiger partial charge is 0.395 e. The summed E-state index contributed by atoms with van der Waals surface area (Å²) >= 11 is 0. The quantitative estimate of drug-likeness (QED) is 0.569. The monoisotopic (exact) mass is 319 g/mol. The summed E-state index contributed by atoms with van der Waals surface area (Å²) in [5.74, 6) is 1.27. The Morgan fingerprint density at radius 3 is 2.35 bits per heavy atom. The van der Waals surface area contributed by atoms with Crippen molar-refractivity contribution in [3.05, 3.63) is 30.3 Å². The van der Waals surface area contributed by atoms with Crippen LogP contribution in [0, 0.1) is 0 Å². The van der Waals surface area contributed by atoms with Gasteiger partial charge in [-0.3, -0.25) is 0 Å². The van der Waals surface area contributed by atoms with Crippen molar-refractivity contribution >= 4 is 11.9 Å². The van der Waals surface area contributed by atoms with Gasteiger partial charge in [-0.25, -0.2) is 0 Å². The molecule has 0 aliphatic rings. The number of rotatable bonds is 9. The minimum atomic E-state index is -0.0623. The van der Waals surface area contributed by atoms with Gasteiger partial charge in [0, 0.05) is 25.8 Å². The van der Waals surface area contributed by atoms with Crippen LogP contribution in [0.25, 0.3) is 11.4 Å². The normalized spacial score (nSPS) is 10.6. The number of nitrogens with zero attached hydrogens (tertiary/aromatic N) is 4. The Morgan fingerprint density at radius 2 is 1.74 bits per heavy atom. The second kappa shape index (κ2) is 8.99. The Kier molecular flexibility index (Phi) is 6.67. The molecule has 0 saturated heterocycles. The van der Waals surface area contributed by atoms with E-state index in [9.17, 15) is 10.2 Å². The second-order valence-corrected chi connectivity index (χ2v) is 4.69. The van der Waals surface area contributed by atoms with Gasteiger partial charge in [0.05, 0.1) is 13.2 Å². The van der Waals surface area contributed by atoms with Crippen molar-refractivity contribution in [2.45, 2.75) is 0 Å².